The van der Waals surface area contributed by atoms with E-state index in [1.54, 1.807) is 42.7 Å². The van der Waals surface area contributed by atoms with Gasteiger partial charge in [-0.25, -0.2) is 0 Å². The Balaban J connectivity index is 1.79. The number of rotatable bonds is 8. The molecular formula is C23H23ClN2O4. The number of benzene rings is 2. The van der Waals surface area contributed by atoms with E-state index < -0.39 is 0 Å². The SMILES string of the molecule is CCOc1cc(C(=O)Nc2cc(C)c(Cl)cc2OC)ccc1OCc1cccnc1. The molecule has 30 heavy (non-hydrogen) atoms. The summed E-state index contributed by atoms with van der Waals surface area (Å²) in [4.78, 5) is 16.9. The third-order valence-electron chi connectivity index (χ3n) is 4.35. The summed E-state index contributed by atoms with van der Waals surface area (Å²) < 4.78 is 16.9. The van der Waals surface area contributed by atoms with Crippen LogP contribution in [0.3, 0.4) is 0 Å². The Hall–Kier alpha value is -3.25. The van der Waals surface area contributed by atoms with Gasteiger partial charge >= 0.3 is 0 Å². The molecule has 156 valence electrons. The average Bonchev–Trinajstić information content (AvgIpc) is 2.76. The highest BCUT2D eigenvalue weighted by Crippen LogP contribution is 2.33. The van der Waals surface area contributed by atoms with Crippen molar-refractivity contribution >= 4 is 23.2 Å². The number of ether oxygens (including phenoxy) is 3. The van der Waals surface area contributed by atoms with E-state index in [0.717, 1.165) is 11.1 Å². The molecule has 0 unspecified atom stereocenters. The van der Waals surface area contributed by atoms with Crippen LogP contribution in [0.25, 0.3) is 0 Å². The predicted octanol–water partition coefficient (Wildman–Crippen LogP) is 5.28. The molecule has 0 radical (unpaired) electrons. The van der Waals surface area contributed by atoms with Gasteiger partial charge in [0.2, 0.25) is 0 Å². The first-order valence-electron chi connectivity index (χ1n) is 9.45. The normalized spacial score (nSPS) is 10.4. The molecule has 2 aromatic carbocycles. The zero-order valence-corrected chi connectivity index (χ0v) is 17.8. The molecular weight excluding hydrogens is 404 g/mol. The predicted molar refractivity (Wildman–Crippen MR) is 117 cm³/mol. The summed E-state index contributed by atoms with van der Waals surface area (Å²) in [5.41, 5.74) is 2.75. The van der Waals surface area contributed by atoms with Gasteiger partial charge in [-0.15, -0.1) is 0 Å². The highest BCUT2D eigenvalue weighted by Gasteiger charge is 2.15. The molecule has 0 atom stereocenters. The highest BCUT2D eigenvalue weighted by molar-refractivity contribution is 6.31. The van der Waals surface area contributed by atoms with Gasteiger partial charge in [0.05, 0.1) is 19.4 Å². The largest absolute Gasteiger partial charge is 0.495 e. The van der Waals surface area contributed by atoms with Gasteiger partial charge in [0.1, 0.15) is 12.4 Å². The summed E-state index contributed by atoms with van der Waals surface area (Å²) in [6.45, 7) is 4.53. The lowest BCUT2D eigenvalue weighted by molar-refractivity contribution is 0.102. The molecule has 1 aromatic heterocycles. The number of hydrogen-bond donors (Lipinski definition) is 1. The van der Waals surface area contributed by atoms with Gasteiger partial charge in [0.15, 0.2) is 11.5 Å². The molecule has 6 nitrogen and oxygen atoms in total. The second kappa shape index (κ2) is 9.98. The minimum atomic E-state index is -0.296. The van der Waals surface area contributed by atoms with Crippen LogP contribution in [-0.2, 0) is 6.61 Å². The van der Waals surface area contributed by atoms with Crippen molar-refractivity contribution in [2.45, 2.75) is 20.5 Å². The van der Waals surface area contributed by atoms with E-state index in [-0.39, 0.29) is 5.91 Å². The molecule has 0 aliphatic carbocycles. The van der Waals surface area contributed by atoms with Crippen molar-refractivity contribution in [3.05, 3.63) is 76.6 Å². The number of nitrogens with one attached hydrogen (secondary N) is 1. The maximum atomic E-state index is 12.8. The van der Waals surface area contributed by atoms with E-state index in [0.29, 0.717) is 46.7 Å². The second-order valence-corrected chi connectivity index (χ2v) is 6.91. The van der Waals surface area contributed by atoms with Gasteiger partial charge in [-0.2, -0.15) is 0 Å². The van der Waals surface area contributed by atoms with Crippen LogP contribution in [0.15, 0.2) is 54.9 Å². The summed E-state index contributed by atoms with van der Waals surface area (Å²) in [5.74, 6) is 1.24. The van der Waals surface area contributed by atoms with Crippen LogP contribution in [0.1, 0.15) is 28.4 Å². The van der Waals surface area contributed by atoms with Crippen molar-refractivity contribution in [2.75, 3.05) is 19.0 Å². The number of nitrogens with zero attached hydrogens (tertiary/aromatic N) is 1. The van der Waals surface area contributed by atoms with E-state index in [1.807, 2.05) is 26.0 Å². The molecule has 1 heterocycles. The molecule has 0 aliphatic rings. The molecule has 0 aliphatic heterocycles. The van der Waals surface area contributed by atoms with Crippen LogP contribution >= 0.6 is 11.6 Å². The number of amides is 1. The molecule has 0 bridgehead atoms. The maximum absolute atomic E-state index is 12.8. The standard InChI is InChI=1S/C23H23ClN2O4/c1-4-29-22-11-17(7-8-20(22)30-14-16-6-5-9-25-13-16)23(27)26-19-10-15(2)18(24)12-21(19)28-3/h5-13H,4,14H2,1-3H3,(H,26,27). The molecule has 3 aromatic rings. The van der Waals surface area contributed by atoms with E-state index in [1.165, 1.54) is 7.11 Å². The number of hydrogen-bond acceptors (Lipinski definition) is 5. The third-order valence-corrected chi connectivity index (χ3v) is 4.76. The number of carbonyl (C=O) groups is 1. The van der Waals surface area contributed by atoms with Crippen molar-refractivity contribution in [3.63, 3.8) is 0 Å². The first-order chi connectivity index (χ1) is 14.5. The van der Waals surface area contributed by atoms with Crippen LogP contribution < -0.4 is 19.5 Å². The minimum Gasteiger partial charge on any atom is -0.495 e. The molecule has 0 saturated heterocycles. The summed E-state index contributed by atoms with van der Waals surface area (Å²) in [5, 5.41) is 3.43. The quantitative estimate of drug-likeness (QED) is 0.530. The lowest BCUT2D eigenvalue weighted by atomic mass is 10.1. The Labute approximate surface area is 180 Å². The van der Waals surface area contributed by atoms with E-state index in [9.17, 15) is 4.79 Å². The molecule has 0 spiro atoms. The Morgan fingerprint density at radius 3 is 2.63 bits per heavy atom. The van der Waals surface area contributed by atoms with Crippen molar-refractivity contribution in [1.82, 2.24) is 4.98 Å². The van der Waals surface area contributed by atoms with Crippen LogP contribution in [0, 0.1) is 6.92 Å². The van der Waals surface area contributed by atoms with Crippen LogP contribution in [0.2, 0.25) is 5.02 Å². The topological polar surface area (TPSA) is 69.7 Å². The second-order valence-electron chi connectivity index (χ2n) is 6.50. The third kappa shape index (κ3) is 5.21. The number of halogens is 1. The van der Waals surface area contributed by atoms with Crippen molar-refractivity contribution in [2.24, 2.45) is 0 Å². The van der Waals surface area contributed by atoms with Gasteiger partial charge in [-0.05, 0) is 49.7 Å². The summed E-state index contributed by atoms with van der Waals surface area (Å²) >= 11 is 6.14. The lowest BCUT2D eigenvalue weighted by Gasteiger charge is -2.15. The molecule has 0 fully saturated rings. The van der Waals surface area contributed by atoms with Gasteiger partial charge in [-0.1, -0.05) is 17.7 Å². The summed E-state index contributed by atoms with van der Waals surface area (Å²) in [6, 6.07) is 12.3. The first-order valence-corrected chi connectivity index (χ1v) is 9.83. The molecule has 3 rings (SSSR count). The smallest absolute Gasteiger partial charge is 0.255 e. The van der Waals surface area contributed by atoms with Gasteiger partial charge < -0.3 is 19.5 Å². The average molecular weight is 427 g/mol. The lowest BCUT2D eigenvalue weighted by Crippen LogP contribution is -2.13. The van der Waals surface area contributed by atoms with Gasteiger partial charge in [0, 0.05) is 34.6 Å². The minimum absolute atomic E-state index is 0.296. The number of methoxy groups -OCH3 is 1. The Morgan fingerprint density at radius 2 is 1.93 bits per heavy atom. The fourth-order valence-corrected chi connectivity index (χ4v) is 2.96. The number of aromatic nitrogens is 1. The van der Waals surface area contributed by atoms with Crippen LogP contribution in [0.5, 0.6) is 17.2 Å². The van der Waals surface area contributed by atoms with E-state index in [2.05, 4.69) is 10.3 Å². The zero-order valence-electron chi connectivity index (χ0n) is 17.1. The zero-order chi connectivity index (χ0) is 21.5. The maximum Gasteiger partial charge on any atom is 0.255 e. The summed E-state index contributed by atoms with van der Waals surface area (Å²) in [6.07, 6.45) is 3.45. The summed E-state index contributed by atoms with van der Waals surface area (Å²) in [7, 11) is 1.53. The number of pyridine rings is 1. The van der Waals surface area contributed by atoms with Crippen molar-refractivity contribution < 1.29 is 19.0 Å². The number of anilines is 1. The number of carbonyl (C=O) groups excluding carboxylic acids is 1. The monoisotopic (exact) mass is 426 g/mol. The fraction of sp³-hybridized carbons (Fsp3) is 0.217. The Kier molecular flexibility index (Phi) is 7.14. The molecule has 1 N–H and O–H groups in total. The van der Waals surface area contributed by atoms with Crippen molar-refractivity contribution in [1.29, 1.82) is 0 Å². The van der Waals surface area contributed by atoms with Crippen LogP contribution in [-0.4, -0.2) is 24.6 Å². The van der Waals surface area contributed by atoms with E-state index >= 15 is 0 Å². The molecule has 1 amide bonds. The molecule has 7 heteroatoms. The van der Waals surface area contributed by atoms with Gasteiger partial charge in [-0.3, -0.25) is 9.78 Å². The molecule has 0 saturated carbocycles. The first kappa shape index (κ1) is 21.5. The van der Waals surface area contributed by atoms with Gasteiger partial charge in [0.25, 0.3) is 5.91 Å². The van der Waals surface area contributed by atoms with E-state index in [4.69, 9.17) is 25.8 Å². The van der Waals surface area contributed by atoms with Crippen LogP contribution in [0.4, 0.5) is 5.69 Å². The Morgan fingerprint density at radius 1 is 1.10 bits per heavy atom. The number of aryl methyl sites for hydroxylation is 1. The Bertz CT molecular complexity index is 1030. The van der Waals surface area contributed by atoms with Crippen molar-refractivity contribution in [3.8, 4) is 17.2 Å². The highest BCUT2D eigenvalue weighted by atomic mass is 35.5. The fourth-order valence-electron chi connectivity index (χ4n) is 2.81.